The first kappa shape index (κ1) is 9.53. The predicted octanol–water partition coefficient (Wildman–Crippen LogP) is 2.67. The zero-order valence-electron chi connectivity index (χ0n) is 7.96. The molecule has 1 aliphatic carbocycles. The second-order valence-electron chi connectivity index (χ2n) is 3.39. The second kappa shape index (κ2) is 4.46. The smallest absolute Gasteiger partial charge is 0.0608 e. The predicted molar refractivity (Wildman–Crippen MR) is 51.9 cm³/mol. The number of aliphatic hydroxyl groups is 1. The van der Waals surface area contributed by atoms with E-state index >= 15 is 0 Å². The van der Waals surface area contributed by atoms with Crippen LogP contribution in [0.5, 0.6) is 0 Å². The Kier molecular flexibility index (Phi) is 3.54. The van der Waals surface area contributed by atoms with Gasteiger partial charge in [-0.2, -0.15) is 0 Å². The van der Waals surface area contributed by atoms with Gasteiger partial charge < -0.3 is 5.11 Å². The molecule has 0 heterocycles. The molecule has 1 nitrogen and oxygen atoms in total. The molecule has 1 saturated carbocycles. The van der Waals surface area contributed by atoms with Gasteiger partial charge in [0.15, 0.2) is 0 Å². The van der Waals surface area contributed by atoms with Gasteiger partial charge in [-0.1, -0.05) is 24.6 Å². The van der Waals surface area contributed by atoms with E-state index in [9.17, 15) is 5.11 Å². The molecular weight excluding hydrogens is 148 g/mol. The van der Waals surface area contributed by atoms with Crippen LogP contribution < -0.4 is 0 Å². The molecule has 0 aromatic rings. The first-order valence-corrected chi connectivity index (χ1v) is 4.76. The normalized spacial score (nSPS) is 31.8. The largest absolute Gasteiger partial charge is 0.392 e. The van der Waals surface area contributed by atoms with Crippen molar-refractivity contribution < 1.29 is 5.11 Å². The fraction of sp³-hybridized carbons (Fsp3) is 0.636. The van der Waals surface area contributed by atoms with E-state index < -0.39 is 0 Å². The quantitative estimate of drug-likeness (QED) is 0.625. The van der Waals surface area contributed by atoms with Gasteiger partial charge in [0.2, 0.25) is 0 Å². The highest BCUT2D eigenvalue weighted by Gasteiger charge is 2.26. The molecule has 68 valence electrons. The van der Waals surface area contributed by atoms with Gasteiger partial charge >= 0.3 is 0 Å². The first-order valence-electron chi connectivity index (χ1n) is 4.76. The average molecular weight is 166 g/mol. The zero-order chi connectivity index (χ0) is 8.97. The van der Waals surface area contributed by atoms with Crippen LogP contribution >= 0.6 is 0 Å². The topological polar surface area (TPSA) is 20.2 Å². The summed E-state index contributed by atoms with van der Waals surface area (Å²) in [6, 6.07) is 0. The van der Waals surface area contributed by atoms with Gasteiger partial charge in [-0.3, -0.25) is 0 Å². The Morgan fingerprint density at radius 3 is 2.50 bits per heavy atom. The minimum absolute atomic E-state index is 0.104. The highest BCUT2D eigenvalue weighted by atomic mass is 16.3. The van der Waals surface area contributed by atoms with Crippen molar-refractivity contribution in [2.24, 2.45) is 5.92 Å². The van der Waals surface area contributed by atoms with Gasteiger partial charge in [0.05, 0.1) is 6.10 Å². The van der Waals surface area contributed by atoms with E-state index in [1.165, 1.54) is 12.0 Å². The van der Waals surface area contributed by atoms with Crippen molar-refractivity contribution in [3.8, 4) is 0 Å². The fourth-order valence-corrected chi connectivity index (χ4v) is 1.96. The summed E-state index contributed by atoms with van der Waals surface area (Å²) in [4.78, 5) is 0. The van der Waals surface area contributed by atoms with Crippen LogP contribution in [-0.4, -0.2) is 11.2 Å². The van der Waals surface area contributed by atoms with Gasteiger partial charge in [-0.15, -0.1) is 0 Å². The Morgan fingerprint density at radius 2 is 2.08 bits per heavy atom. The molecule has 2 unspecified atom stereocenters. The lowest BCUT2D eigenvalue weighted by atomic mass is 9.95. The molecule has 1 fully saturated rings. The minimum Gasteiger partial charge on any atom is -0.392 e. The maximum atomic E-state index is 9.64. The summed E-state index contributed by atoms with van der Waals surface area (Å²) in [5, 5.41) is 9.64. The molecule has 0 amide bonds. The molecule has 0 spiro atoms. The summed E-state index contributed by atoms with van der Waals surface area (Å²) in [6.45, 7) is 4.06. The first-order chi connectivity index (χ1) is 5.79. The molecule has 0 saturated heterocycles. The van der Waals surface area contributed by atoms with Crippen molar-refractivity contribution >= 4 is 0 Å². The van der Waals surface area contributed by atoms with Crippen LogP contribution in [-0.2, 0) is 0 Å². The molecule has 0 aliphatic heterocycles. The van der Waals surface area contributed by atoms with E-state index in [0.29, 0.717) is 5.92 Å². The van der Waals surface area contributed by atoms with Crippen LogP contribution in [0, 0.1) is 5.92 Å². The summed E-state index contributed by atoms with van der Waals surface area (Å²) in [6.07, 6.45) is 9.44. The molecule has 1 aliphatic rings. The van der Waals surface area contributed by atoms with E-state index in [4.69, 9.17) is 0 Å². The Morgan fingerprint density at radius 1 is 1.33 bits per heavy atom. The second-order valence-corrected chi connectivity index (χ2v) is 3.39. The number of allylic oxidation sites excluding steroid dienone is 3. The van der Waals surface area contributed by atoms with E-state index in [1.807, 2.05) is 19.9 Å². The van der Waals surface area contributed by atoms with Crippen LogP contribution in [0.3, 0.4) is 0 Å². The Hall–Kier alpha value is -0.560. The van der Waals surface area contributed by atoms with Crippen molar-refractivity contribution in [1.82, 2.24) is 0 Å². The fourth-order valence-electron chi connectivity index (χ4n) is 1.96. The maximum Gasteiger partial charge on any atom is 0.0608 e. The Labute approximate surface area is 74.8 Å². The lowest BCUT2D eigenvalue weighted by molar-refractivity contribution is 0.150. The number of aliphatic hydroxyl groups excluding tert-OH is 1. The lowest BCUT2D eigenvalue weighted by Gasteiger charge is -2.15. The van der Waals surface area contributed by atoms with Crippen molar-refractivity contribution in [1.29, 1.82) is 0 Å². The average Bonchev–Trinajstić information content (AvgIpc) is 2.47. The molecule has 0 aromatic carbocycles. The van der Waals surface area contributed by atoms with Gasteiger partial charge in [-0.25, -0.2) is 0 Å². The summed E-state index contributed by atoms with van der Waals surface area (Å²) < 4.78 is 0. The Balaban J connectivity index is 2.66. The highest BCUT2D eigenvalue weighted by molar-refractivity contribution is 5.22. The van der Waals surface area contributed by atoms with Crippen molar-refractivity contribution in [2.75, 3.05) is 0 Å². The minimum atomic E-state index is -0.104. The van der Waals surface area contributed by atoms with Gasteiger partial charge in [0.1, 0.15) is 0 Å². The summed E-state index contributed by atoms with van der Waals surface area (Å²) in [5.41, 5.74) is 1.29. The summed E-state index contributed by atoms with van der Waals surface area (Å²) in [7, 11) is 0. The third-order valence-corrected chi connectivity index (χ3v) is 2.60. The number of rotatable bonds is 2. The third kappa shape index (κ3) is 1.98. The standard InChI is InChI=1S/C11H18O/c1-3-6-9(4-2)10-7-5-8-11(10)12/h3-4,6,10-12H,5,7-8H2,1-2H3/b6-3-,9-4+. The number of hydrogen-bond acceptors (Lipinski definition) is 1. The molecule has 1 heteroatoms. The molecular formula is C11H18O. The molecule has 12 heavy (non-hydrogen) atoms. The molecule has 0 aromatic heterocycles. The molecule has 1 rings (SSSR count). The lowest BCUT2D eigenvalue weighted by Crippen LogP contribution is -2.14. The van der Waals surface area contributed by atoms with Crippen molar-refractivity contribution in [3.63, 3.8) is 0 Å². The zero-order valence-corrected chi connectivity index (χ0v) is 7.96. The van der Waals surface area contributed by atoms with E-state index in [1.54, 1.807) is 0 Å². The van der Waals surface area contributed by atoms with Crippen molar-refractivity contribution in [2.45, 2.75) is 39.2 Å². The van der Waals surface area contributed by atoms with Crippen LogP contribution in [0.4, 0.5) is 0 Å². The Bertz CT molecular complexity index is 191. The van der Waals surface area contributed by atoms with E-state index in [-0.39, 0.29) is 6.10 Å². The van der Waals surface area contributed by atoms with Gasteiger partial charge in [-0.05, 0) is 32.3 Å². The van der Waals surface area contributed by atoms with Gasteiger partial charge in [0.25, 0.3) is 0 Å². The molecule has 1 N–H and O–H groups in total. The van der Waals surface area contributed by atoms with Crippen molar-refractivity contribution in [3.05, 3.63) is 23.8 Å². The number of hydrogen-bond donors (Lipinski definition) is 1. The monoisotopic (exact) mass is 166 g/mol. The SMILES string of the molecule is C/C=C\C(=C/C)C1CCCC1O. The summed E-state index contributed by atoms with van der Waals surface area (Å²) in [5.74, 6) is 0.395. The van der Waals surface area contributed by atoms with E-state index in [2.05, 4.69) is 12.2 Å². The van der Waals surface area contributed by atoms with Crippen LogP contribution in [0.25, 0.3) is 0 Å². The van der Waals surface area contributed by atoms with Crippen LogP contribution in [0.2, 0.25) is 0 Å². The van der Waals surface area contributed by atoms with Gasteiger partial charge in [0, 0.05) is 5.92 Å². The molecule has 0 bridgehead atoms. The van der Waals surface area contributed by atoms with Crippen LogP contribution in [0.1, 0.15) is 33.1 Å². The summed E-state index contributed by atoms with van der Waals surface area (Å²) >= 11 is 0. The molecule has 2 atom stereocenters. The molecule has 0 radical (unpaired) electrons. The highest BCUT2D eigenvalue weighted by Crippen LogP contribution is 2.31. The van der Waals surface area contributed by atoms with Crippen LogP contribution in [0.15, 0.2) is 23.8 Å². The van der Waals surface area contributed by atoms with E-state index in [0.717, 1.165) is 12.8 Å². The maximum absolute atomic E-state index is 9.64. The third-order valence-electron chi connectivity index (χ3n) is 2.60.